The molecular formula is C7H9F7O. The fourth-order valence-electron chi connectivity index (χ4n) is 0.600. The third-order valence-corrected chi connectivity index (χ3v) is 1.50. The summed E-state index contributed by atoms with van der Waals surface area (Å²) < 4.78 is 86.8. The standard InChI is InChI=1S/C7H9F7O/c1-2-3-4-15-7(13,14)5(8,9)6(10,11)12/h2-4H2,1H3. The smallest absolute Gasteiger partial charge is 0.315 e. The van der Waals surface area contributed by atoms with E-state index in [0.717, 1.165) is 0 Å². The van der Waals surface area contributed by atoms with Gasteiger partial charge in [0.15, 0.2) is 0 Å². The Kier molecular flexibility index (Phi) is 4.38. The summed E-state index contributed by atoms with van der Waals surface area (Å²) in [6.45, 7) is 0.693. The summed E-state index contributed by atoms with van der Waals surface area (Å²) in [6.07, 6.45) is -11.5. The summed E-state index contributed by atoms with van der Waals surface area (Å²) in [4.78, 5) is 0. The van der Waals surface area contributed by atoms with Gasteiger partial charge in [-0.2, -0.15) is 30.7 Å². The maximum Gasteiger partial charge on any atom is 0.462 e. The van der Waals surface area contributed by atoms with Crippen LogP contribution in [-0.2, 0) is 4.74 Å². The van der Waals surface area contributed by atoms with Crippen LogP contribution in [0.15, 0.2) is 0 Å². The molecule has 0 radical (unpaired) electrons. The number of hydrogen-bond donors (Lipinski definition) is 0. The van der Waals surface area contributed by atoms with E-state index in [-0.39, 0.29) is 6.42 Å². The molecule has 8 heteroatoms. The highest BCUT2D eigenvalue weighted by Crippen LogP contribution is 2.46. The Labute approximate surface area is 81.2 Å². The van der Waals surface area contributed by atoms with Gasteiger partial charge in [-0.05, 0) is 6.42 Å². The lowest BCUT2D eigenvalue weighted by Gasteiger charge is -2.27. The van der Waals surface area contributed by atoms with Crippen LogP contribution in [0, 0.1) is 0 Å². The first-order chi connectivity index (χ1) is 6.56. The van der Waals surface area contributed by atoms with Crippen molar-refractivity contribution in [2.24, 2.45) is 0 Å². The highest BCUT2D eigenvalue weighted by Gasteiger charge is 2.74. The van der Waals surface area contributed by atoms with Gasteiger partial charge in [-0.15, -0.1) is 0 Å². The lowest BCUT2D eigenvalue weighted by atomic mass is 10.3. The van der Waals surface area contributed by atoms with Crippen molar-refractivity contribution in [1.29, 1.82) is 0 Å². The van der Waals surface area contributed by atoms with E-state index < -0.39 is 24.8 Å². The molecule has 0 rings (SSSR count). The maximum absolute atomic E-state index is 12.3. The first kappa shape index (κ1) is 14.5. The molecule has 0 heterocycles. The van der Waals surface area contributed by atoms with Crippen LogP contribution in [0.4, 0.5) is 30.7 Å². The Morgan fingerprint density at radius 1 is 0.933 bits per heavy atom. The van der Waals surface area contributed by atoms with Crippen molar-refractivity contribution in [3.05, 3.63) is 0 Å². The van der Waals surface area contributed by atoms with Crippen molar-refractivity contribution in [3.8, 4) is 0 Å². The Morgan fingerprint density at radius 2 is 1.40 bits per heavy atom. The van der Waals surface area contributed by atoms with Crippen molar-refractivity contribution in [3.63, 3.8) is 0 Å². The monoisotopic (exact) mass is 242 g/mol. The zero-order valence-corrected chi connectivity index (χ0v) is 7.68. The van der Waals surface area contributed by atoms with Crippen LogP contribution in [0.5, 0.6) is 0 Å². The molecule has 0 aromatic heterocycles. The molecule has 0 amide bonds. The Balaban J connectivity index is 4.56. The van der Waals surface area contributed by atoms with Crippen LogP contribution in [0.1, 0.15) is 19.8 Å². The maximum atomic E-state index is 12.3. The lowest BCUT2D eigenvalue weighted by Crippen LogP contribution is -2.53. The molecule has 0 fully saturated rings. The third-order valence-electron chi connectivity index (χ3n) is 1.50. The van der Waals surface area contributed by atoms with Gasteiger partial charge in [0.2, 0.25) is 0 Å². The number of alkyl halides is 7. The highest BCUT2D eigenvalue weighted by molar-refractivity contribution is 4.84. The Morgan fingerprint density at radius 3 is 1.73 bits per heavy atom. The second kappa shape index (κ2) is 4.54. The molecule has 0 unspecified atom stereocenters. The van der Waals surface area contributed by atoms with Gasteiger partial charge in [-0.25, -0.2) is 0 Å². The van der Waals surface area contributed by atoms with E-state index >= 15 is 0 Å². The summed E-state index contributed by atoms with van der Waals surface area (Å²) in [7, 11) is 0. The van der Waals surface area contributed by atoms with Gasteiger partial charge in [0.05, 0.1) is 6.61 Å². The van der Waals surface area contributed by atoms with Crippen molar-refractivity contribution in [2.75, 3.05) is 6.61 Å². The summed E-state index contributed by atoms with van der Waals surface area (Å²) in [5, 5.41) is 0. The van der Waals surface area contributed by atoms with E-state index in [4.69, 9.17) is 0 Å². The van der Waals surface area contributed by atoms with Gasteiger partial charge in [-0.1, -0.05) is 13.3 Å². The van der Waals surface area contributed by atoms with Crippen LogP contribution in [0.3, 0.4) is 0 Å². The van der Waals surface area contributed by atoms with Gasteiger partial charge >= 0.3 is 18.2 Å². The molecule has 0 atom stereocenters. The van der Waals surface area contributed by atoms with Crippen LogP contribution in [0.25, 0.3) is 0 Å². The molecule has 0 saturated heterocycles. The number of rotatable bonds is 5. The minimum Gasteiger partial charge on any atom is -0.315 e. The van der Waals surface area contributed by atoms with Crippen molar-refractivity contribution in [1.82, 2.24) is 0 Å². The normalized spacial score (nSPS) is 14.4. The molecule has 0 aromatic carbocycles. The van der Waals surface area contributed by atoms with Gasteiger partial charge in [0.25, 0.3) is 0 Å². The summed E-state index contributed by atoms with van der Waals surface area (Å²) in [5.74, 6) is -6.17. The van der Waals surface area contributed by atoms with Crippen molar-refractivity contribution < 1.29 is 35.5 Å². The van der Waals surface area contributed by atoms with Crippen LogP contribution in [0.2, 0.25) is 0 Å². The third kappa shape index (κ3) is 3.22. The number of halogens is 7. The quantitative estimate of drug-likeness (QED) is 0.528. The van der Waals surface area contributed by atoms with Gasteiger partial charge < -0.3 is 4.74 Å². The fourth-order valence-corrected chi connectivity index (χ4v) is 0.600. The minimum atomic E-state index is -6.33. The van der Waals surface area contributed by atoms with Crippen LogP contribution in [-0.4, -0.2) is 24.8 Å². The van der Waals surface area contributed by atoms with Gasteiger partial charge in [0.1, 0.15) is 0 Å². The molecule has 15 heavy (non-hydrogen) atoms. The van der Waals surface area contributed by atoms with Crippen molar-refractivity contribution in [2.45, 2.75) is 38.0 Å². The molecule has 1 nitrogen and oxygen atoms in total. The average Bonchev–Trinajstić information content (AvgIpc) is 2.02. The number of hydrogen-bond acceptors (Lipinski definition) is 1. The Bertz CT molecular complexity index is 198. The average molecular weight is 242 g/mol. The topological polar surface area (TPSA) is 9.23 Å². The first-order valence-corrected chi connectivity index (χ1v) is 4.02. The molecule has 0 spiro atoms. The zero-order chi connectivity index (χ0) is 12.3. The predicted molar refractivity (Wildman–Crippen MR) is 36.8 cm³/mol. The predicted octanol–water partition coefficient (Wildman–Crippen LogP) is 3.59. The number of ether oxygens (including phenoxy) is 1. The minimum absolute atomic E-state index is 0.0243. The van der Waals surface area contributed by atoms with Crippen LogP contribution >= 0.6 is 0 Å². The molecule has 0 aliphatic heterocycles. The zero-order valence-electron chi connectivity index (χ0n) is 7.68. The molecule has 0 N–H and O–H groups in total. The summed E-state index contributed by atoms with van der Waals surface area (Å²) in [6, 6.07) is 0. The first-order valence-electron chi connectivity index (χ1n) is 4.02. The molecule has 0 aliphatic rings. The molecular weight excluding hydrogens is 233 g/mol. The summed E-state index contributed by atoms with van der Waals surface area (Å²) in [5.41, 5.74) is 0. The second-order valence-corrected chi connectivity index (χ2v) is 2.79. The van der Waals surface area contributed by atoms with Gasteiger partial charge in [-0.3, -0.25) is 0 Å². The largest absolute Gasteiger partial charge is 0.462 e. The summed E-state index contributed by atoms with van der Waals surface area (Å²) >= 11 is 0. The SMILES string of the molecule is CCCCOC(F)(F)C(F)(F)C(F)(F)F. The van der Waals surface area contributed by atoms with Gasteiger partial charge in [0, 0.05) is 0 Å². The number of unbranched alkanes of at least 4 members (excludes halogenated alkanes) is 1. The van der Waals surface area contributed by atoms with E-state index in [1.807, 2.05) is 0 Å². The van der Waals surface area contributed by atoms with E-state index in [0.29, 0.717) is 6.42 Å². The molecule has 0 bridgehead atoms. The molecule has 0 saturated carbocycles. The molecule has 0 aromatic rings. The van der Waals surface area contributed by atoms with Crippen molar-refractivity contribution >= 4 is 0 Å². The fraction of sp³-hybridized carbons (Fsp3) is 1.00. The van der Waals surface area contributed by atoms with E-state index in [9.17, 15) is 30.7 Å². The second-order valence-electron chi connectivity index (χ2n) is 2.79. The Hall–Kier alpha value is -0.530. The van der Waals surface area contributed by atoms with E-state index in [1.54, 1.807) is 6.92 Å². The van der Waals surface area contributed by atoms with E-state index in [2.05, 4.69) is 4.74 Å². The lowest BCUT2D eigenvalue weighted by molar-refractivity contribution is -0.423. The molecule has 0 aliphatic carbocycles. The molecule has 92 valence electrons. The van der Waals surface area contributed by atoms with Crippen LogP contribution < -0.4 is 0 Å². The highest BCUT2D eigenvalue weighted by atomic mass is 19.4. The van der Waals surface area contributed by atoms with E-state index in [1.165, 1.54) is 0 Å².